The quantitative estimate of drug-likeness (QED) is 0.398. The highest BCUT2D eigenvalue weighted by Crippen LogP contribution is 2.31. The first kappa shape index (κ1) is 23.9. The number of rotatable bonds is 6. The second-order valence-corrected chi connectivity index (χ2v) is 9.24. The van der Waals surface area contributed by atoms with Gasteiger partial charge in [0.2, 0.25) is 0 Å². The lowest BCUT2D eigenvalue weighted by Gasteiger charge is -2.42. The molecule has 0 saturated carbocycles. The van der Waals surface area contributed by atoms with Crippen LogP contribution in [0.25, 0.3) is 28.5 Å². The normalized spacial score (nSPS) is 16.5. The molecule has 1 atom stereocenters. The van der Waals surface area contributed by atoms with E-state index >= 15 is 0 Å². The van der Waals surface area contributed by atoms with Gasteiger partial charge >= 0.3 is 0 Å². The maximum absolute atomic E-state index is 14.6. The van der Waals surface area contributed by atoms with Gasteiger partial charge in [-0.15, -0.1) is 0 Å². The molecule has 4 heterocycles. The third-order valence-electron chi connectivity index (χ3n) is 6.57. The summed E-state index contributed by atoms with van der Waals surface area (Å²) in [6.07, 6.45) is 5.20. The highest BCUT2D eigenvalue weighted by Gasteiger charge is 2.26. The lowest BCUT2D eigenvalue weighted by molar-refractivity contribution is 0.148. The van der Waals surface area contributed by atoms with Crippen molar-refractivity contribution in [3.05, 3.63) is 66.9 Å². The second-order valence-electron chi connectivity index (χ2n) is 9.24. The molecule has 186 valence electrons. The number of pyridine rings is 1. The van der Waals surface area contributed by atoms with E-state index in [-0.39, 0.29) is 11.4 Å². The van der Waals surface area contributed by atoms with Gasteiger partial charge in [0.15, 0.2) is 11.6 Å². The summed E-state index contributed by atoms with van der Waals surface area (Å²) in [6, 6.07) is 13.4. The largest absolute Gasteiger partial charge is 0.496 e. The van der Waals surface area contributed by atoms with E-state index in [1.165, 1.54) is 13.2 Å². The highest BCUT2D eigenvalue weighted by atomic mass is 19.1. The molecule has 1 fully saturated rings. The van der Waals surface area contributed by atoms with Crippen molar-refractivity contribution in [3.63, 3.8) is 0 Å². The van der Waals surface area contributed by atoms with E-state index in [4.69, 9.17) is 9.72 Å². The summed E-state index contributed by atoms with van der Waals surface area (Å²) in [5.74, 6) is 1.86. The number of nitrogens with zero attached hydrogens (tertiary/aromatic N) is 7. The van der Waals surface area contributed by atoms with Crippen LogP contribution in [-0.4, -0.2) is 68.5 Å². The number of methoxy groups -OCH3 is 1. The van der Waals surface area contributed by atoms with Crippen molar-refractivity contribution < 1.29 is 9.13 Å². The van der Waals surface area contributed by atoms with Crippen LogP contribution < -0.4 is 9.64 Å². The monoisotopic (exact) mass is 487 g/mol. The van der Waals surface area contributed by atoms with E-state index in [2.05, 4.69) is 45.6 Å². The van der Waals surface area contributed by atoms with Gasteiger partial charge in [-0.05, 0) is 51.1 Å². The first-order valence-corrected chi connectivity index (χ1v) is 12.1. The van der Waals surface area contributed by atoms with E-state index in [0.29, 0.717) is 23.5 Å². The number of ether oxygens (including phenoxy) is 1. The predicted octanol–water partition coefficient (Wildman–Crippen LogP) is 4.46. The summed E-state index contributed by atoms with van der Waals surface area (Å²) in [4.78, 5) is 18.6. The van der Waals surface area contributed by atoms with Crippen molar-refractivity contribution in [1.82, 2.24) is 29.6 Å². The van der Waals surface area contributed by atoms with E-state index in [9.17, 15) is 4.39 Å². The van der Waals surface area contributed by atoms with Crippen LogP contribution >= 0.6 is 0 Å². The Balaban J connectivity index is 1.40. The van der Waals surface area contributed by atoms with Gasteiger partial charge in [-0.3, -0.25) is 4.90 Å². The minimum absolute atomic E-state index is 0.232. The molecule has 0 amide bonds. The second kappa shape index (κ2) is 10.0. The van der Waals surface area contributed by atoms with Gasteiger partial charge in [0.05, 0.1) is 24.6 Å². The van der Waals surface area contributed by atoms with Crippen molar-refractivity contribution >= 4 is 5.82 Å². The van der Waals surface area contributed by atoms with Crippen molar-refractivity contribution in [2.45, 2.75) is 32.9 Å². The summed E-state index contributed by atoms with van der Waals surface area (Å²) < 4.78 is 21.6. The first-order valence-electron chi connectivity index (χ1n) is 12.1. The maximum atomic E-state index is 14.6. The average molecular weight is 488 g/mol. The molecule has 36 heavy (non-hydrogen) atoms. The van der Waals surface area contributed by atoms with E-state index in [0.717, 1.165) is 36.8 Å². The molecular weight excluding hydrogens is 457 g/mol. The fourth-order valence-electron chi connectivity index (χ4n) is 4.77. The molecule has 0 bridgehead atoms. The predicted molar refractivity (Wildman–Crippen MR) is 138 cm³/mol. The Morgan fingerprint density at radius 3 is 2.61 bits per heavy atom. The van der Waals surface area contributed by atoms with Crippen molar-refractivity contribution in [2.24, 2.45) is 0 Å². The molecule has 1 aliphatic rings. The van der Waals surface area contributed by atoms with Crippen molar-refractivity contribution in [1.29, 1.82) is 0 Å². The van der Waals surface area contributed by atoms with Gasteiger partial charge in [-0.25, -0.2) is 24.0 Å². The first-order chi connectivity index (χ1) is 17.4. The summed E-state index contributed by atoms with van der Waals surface area (Å²) in [6.45, 7) is 9.64. The van der Waals surface area contributed by atoms with Crippen LogP contribution in [-0.2, 0) is 0 Å². The Labute approximate surface area is 210 Å². The summed E-state index contributed by atoms with van der Waals surface area (Å²) in [5.41, 5.74) is 1.64. The van der Waals surface area contributed by atoms with Crippen LogP contribution in [0.3, 0.4) is 0 Å². The molecular formula is C27H30FN7O. The number of aromatic nitrogens is 5. The smallest absolute Gasteiger partial charge is 0.166 e. The van der Waals surface area contributed by atoms with Gasteiger partial charge in [-0.1, -0.05) is 12.1 Å². The van der Waals surface area contributed by atoms with Gasteiger partial charge in [-0.2, -0.15) is 5.10 Å². The number of hydrogen-bond acceptors (Lipinski definition) is 7. The zero-order valence-electron chi connectivity index (χ0n) is 21.0. The lowest BCUT2D eigenvalue weighted by Crippen LogP contribution is -2.54. The summed E-state index contributed by atoms with van der Waals surface area (Å²) in [5, 5.41) is 4.52. The van der Waals surface area contributed by atoms with Crippen molar-refractivity contribution in [2.75, 3.05) is 31.6 Å². The highest BCUT2D eigenvalue weighted by molar-refractivity contribution is 5.68. The molecule has 1 aromatic carbocycles. The SMILES string of the molecule is COc1cccc(F)c1-c1nccc(-c2cnn(-c3cccc(N4CCN(C(C)C)[C@@H](C)C4)n3)c2)n1. The third-order valence-corrected chi connectivity index (χ3v) is 6.57. The van der Waals surface area contributed by atoms with E-state index < -0.39 is 5.82 Å². The maximum Gasteiger partial charge on any atom is 0.166 e. The average Bonchev–Trinajstić information content (AvgIpc) is 3.39. The molecule has 0 radical (unpaired) electrons. The fraction of sp³-hybridized carbons (Fsp3) is 0.333. The fourth-order valence-corrected chi connectivity index (χ4v) is 4.77. The number of benzene rings is 1. The zero-order chi connectivity index (χ0) is 25.2. The number of piperazine rings is 1. The molecule has 0 N–H and O–H groups in total. The topological polar surface area (TPSA) is 72.2 Å². The van der Waals surface area contributed by atoms with Crippen LogP contribution in [0.5, 0.6) is 5.75 Å². The van der Waals surface area contributed by atoms with Crippen LogP contribution in [0, 0.1) is 5.82 Å². The molecule has 4 aromatic rings. The van der Waals surface area contributed by atoms with Crippen LogP contribution in [0.1, 0.15) is 20.8 Å². The Kier molecular flexibility index (Phi) is 6.65. The Bertz CT molecular complexity index is 1360. The van der Waals surface area contributed by atoms with Crippen LogP contribution in [0.4, 0.5) is 10.2 Å². The summed E-state index contributed by atoms with van der Waals surface area (Å²) in [7, 11) is 1.50. The van der Waals surface area contributed by atoms with Gasteiger partial charge in [0.1, 0.15) is 17.4 Å². The van der Waals surface area contributed by atoms with Crippen LogP contribution in [0.2, 0.25) is 0 Å². The molecule has 0 unspecified atom stereocenters. The minimum Gasteiger partial charge on any atom is -0.496 e. The van der Waals surface area contributed by atoms with E-state index in [1.54, 1.807) is 35.3 Å². The number of halogens is 1. The Morgan fingerprint density at radius 2 is 1.83 bits per heavy atom. The molecule has 0 aliphatic carbocycles. The molecule has 1 aliphatic heterocycles. The zero-order valence-corrected chi connectivity index (χ0v) is 21.0. The number of hydrogen-bond donors (Lipinski definition) is 0. The molecule has 9 heteroatoms. The molecule has 0 spiro atoms. The Hall–Kier alpha value is -3.85. The van der Waals surface area contributed by atoms with Crippen molar-refractivity contribution in [3.8, 4) is 34.2 Å². The molecule has 8 nitrogen and oxygen atoms in total. The van der Waals surface area contributed by atoms with Gasteiger partial charge in [0.25, 0.3) is 0 Å². The molecule has 3 aromatic heterocycles. The minimum atomic E-state index is -0.438. The Morgan fingerprint density at radius 1 is 1.03 bits per heavy atom. The molecule has 5 rings (SSSR count). The molecule has 1 saturated heterocycles. The van der Waals surface area contributed by atoms with Crippen LogP contribution in [0.15, 0.2) is 61.1 Å². The standard InChI is InChI=1S/C27H30FN7O/c1-18(2)34-14-13-33(16-19(34)3)24-9-6-10-25(32-24)35-17-20(15-30-35)22-11-12-29-27(31-22)26-21(28)7-5-8-23(26)36-4/h5-12,15,17-19H,13-14,16H2,1-4H3/t19-/m0/s1. The third kappa shape index (κ3) is 4.66. The number of anilines is 1. The van der Waals surface area contributed by atoms with E-state index in [1.807, 2.05) is 24.4 Å². The summed E-state index contributed by atoms with van der Waals surface area (Å²) >= 11 is 0. The van der Waals surface area contributed by atoms with Gasteiger partial charge in [0, 0.05) is 49.7 Å². The lowest BCUT2D eigenvalue weighted by atomic mass is 10.1. The van der Waals surface area contributed by atoms with Gasteiger partial charge < -0.3 is 9.64 Å².